The minimum atomic E-state index is -0.274. The fourth-order valence-electron chi connectivity index (χ4n) is 4.33. The molecule has 2 aliphatic heterocycles. The molecule has 110 valence electrons. The van der Waals surface area contributed by atoms with Gasteiger partial charge >= 0.3 is 0 Å². The molecule has 1 fully saturated rings. The van der Waals surface area contributed by atoms with Gasteiger partial charge in [0.1, 0.15) is 0 Å². The molecular weight excluding hydrogens is 266 g/mol. The Bertz CT molecular complexity index is 664. The van der Waals surface area contributed by atoms with Crippen molar-refractivity contribution in [3.05, 3.63) is 34.9 Å². The first-order chi connectivity index (χ1) is 10.2. The normalized spacial score (nSPS) is 26.8. The predicted molar refractivity (Wildman–Crippen MR) is 78.3 cm³/mol. The second-order valence-electron chi connectivity index (χ2n) is 6.16. The Morgan fingerprint density at radius 1 is 1.29 bits per heavy atom. The first-order valence-electron chi connectivity index (χ1n) is 7.60. The van der Waals surface area contributed by atoms with E-state index < -0.39 is 0 Å². The molecule has 21 heavy (non-hydrogen) atoms. The van der Waals surface area contributed by atoms with E-state index in [9.17, 15) is 9.90 Å². The van der Waals surface area contributed by atoms with Crippen molar-refractivity contribution in [2.24, 2.45) is 0 Å². The van der Waals surface area contributed by atoms with Gasteiger partial charge in [0.15, 0.2) is 11.5 Å². The van der Waals surface area contributed by atoms with Crippen LogP contribution in [0, 0.1) is 0 Å². The predicted octanol–water partition coefficient (Wildman–Crippen LogP) is 2.49. The van der Waals surface area contributed by atoms with Crippen LogP contribution >= 0.6 is 0 Å². The van der Waals surface area contributed by atoms with Crippen LogP contribution in [0.2, 0.25) is 0 Å². The minimum absolute atomic E-state index is 0.143. The molecule has 1 aliphatic carbocycles. The minimum Gasteiger partial charge on any atom is -0.504 e. The van der Waals surface area contributed by atoms with E-state index in [0.717, 1.165) is 49.8 Å². The highest BCUT2D eigenvalue weighted by molar-refractivity contribution is 5.94. The van der Waals surface area contributed by atoms with Crippen molar-refractivity contribution in [1.82, 2.24) is 4.90 Å². The molecule has 3 aliphatic rings. The van der Waals surface area contributed by atoms with Crippen LogP contribution in [-0.2, 0) is 16.8 Å². The third kappa shape index (κ3) is 1.53. The molecule has 1 spiro atoms. The summed E-state index contributed by atoms with van der Waals surface area (Å²) in [5.41, 5.74) is 3.27. The number of carbonyl (C=O) groups excluding carboxylic acids is 1. The van der Waals surface area contributed by atoms with Crippen molar-refractivity contribution in [2.75, 3.05) is 13.7 Å². The van der Waals surface area contributed by atoms with Crippen LogP contribution in [0.5, 0.6) is 11.5 Å². The average Bonchev–Trinajstić information content (AvgIpc) is 2.79. The lowest BCUT2D eigenvalue weighted by atomic mass is 9.70. The first-order valence-corrected chi connectivity index (χ1v) is 7.60. The summed E-state index contributed by atoms with van der Waals surface area (Å²) in [5.74, 6) is 0.825. The summed E-state index contributed by atoms with van der Waals surface area (Å²) in [4.78, 5) is 14.4. The van der Waals surface area contributed by atoms with E-state index in [1.807, 2.05) is 23.1 Å². The van der Waals surface area contributed by atoms with Gasteiger partial charge in [-0.15, -0.1) is 0 Å². The molecule has 1 aromatic carbocycles. The Labute approximate surface area is 124 Å². The molecule has 1 amide bonds. The number of rotatable bonds is 1. The standard InChI is InChI=1S/C17H19NO3/c1-21-15-10-13-11(8-14(15)19)5-7-18-16(20)9-12-4-2-3-6-17(12,13)18/h8-10,19H,2-7H2,1H3. The van der Waals surface area contributed by atoms with Gasteiger partial charge in [-0.25, -0.2) is 0 Å². The molecule has 1 unspecified atom stereocenters. The van der Waals surface area contributed by atoms with Crippen molar-refractivity contribution in [3.63, 3.8) is 0 Å². The topological polar surface area (TPSA) is 49.8 Å². The number of nitrogens with zero attached hydrogens (tertiary/aromatic N) is 1. The number of phenolic OH excluding ortho intramolecular Hbond substituents is 1. The van der Waals surface area contributed by atoms with E-state index in [1.165, 1.54) is 5.57 Å². The second kappa shape index (κ2) is 4.26. The molecule has 0 aromatic heterocycles. The Kier molecular flexibility index (Phi) is 2.59. The Hall–Kier alpha value is -1.97. The lowest BCUT2D eigenvalue weighted by molar-refractivity contribution is -0.130. The van der Waals surface area contributed by atoms with Gasteiger partial charge in [-0.1, -0.05) is 6.42 Å². The Balaban J connectivity index is 1.96. The summed E-state index contributed by atoms with van der Waals surface area (Å²) in [6, 6.07) is 3.75. The third-order valence-electron chi connectivity index (χ3n) is 5.25. The highest BCUT2D eigenvalue weighted by Gasteiger charge is 2.52. The number of amides is 1. The van der Waals surface area contributed by atoms with E-state index in [2.05, 4.69) is 0 Å². The number of methoxy groups -OCH3 is 1. The van der Waals surface area contributed by atoms with Crippen molar-refractivity contribution >= 4 is 5.91 Å². The van der Waals surface area contributed by atoms with Gasteiger partial charge in [-0.05, 0) is 54.5 Å². The summed E-state index contributed by atoms with van der Waals surface area (Å²) >= 11 is 0. The molecule has 4 heteroatoms. The fraction of sp³-hybridized carbons (Fsp3) is 0.471. The molecule has 1 N–H and O–H groups in total. The lowest BCUT2D eigenvalue weighted by Gasteiger charge is -2.48. The summed E-state index contributed by atoms with van der Waals surface area (Å²) in [7, 11) is 1.57. The number of aromatic hydroxyl groups is 1. The number of phenols is 1. The van der Waals surface area contributed by atoms with Crippen molar-refractivity contribution in [2.45, 2.75) is 37.6 Å². The number of benzene rings is 1. The molecule has 0 saturated heterocycles. The number of hydrogen-bond donors (Lipinski definition) is 1. The number of fused-ring (bicyclic) bond motifs is 1. The van der Waals surface area contributed by atoms with Crippen LogP contribution in [0.1, 0.15) is 36.8 Å². The van der Waals surface area contributed by atoms with Crippen LogP contribution < -0.4 is 4.74 Å². The van der Waals surface area contributed by atoms with Crippen LogP contribution in [-0.4, -0.2) is 29.6 Å². The molecule has 1 atom stereocenters. The molecule has 1 aromatic rings. The van der Waals surface area contributed by atoms with Gasteiger partial charge < -0.3 is 14.7 Å². The number of hydrogen-bond acceptors (Lipinski definition) is 3. The van der Waals surface area contributed by atoms with Crippen molar-refractivity contribution in [3.8, 4) is 11.5 Å². The zero-order valence-corrected chi connectivity index (χ0v) is 12.2. The van der Waals surface area contributed by atoms with E-state index in [4.69, 9.17) is 4.74 Å². The third-order valence-corrected chi connectivity index (χ3v) is 5.25. The highest BCUT2D eigenvalue weighted by atomic mass is 16.5. The zero-order chi connectivity index (χ0) is 14.6. The lowest BCUT2D eigenvalue weighted by Crippen LogP contribution is -2.51. The largest absolute Gasteiger partial charge is 0.504 e. The maximum atomic E-state index is 12.4. The van der Waals surface area contributed by atoms with Gasteiger partial charge in [0.25, 0.3) is 0 Å². The van der Waals surface area contributed by atoms with E-state index in [1.54, 1.807) is 7.11 Å². The van der Waals surface area contributed by atoms with Gasteiger partial charge in [0, 0.05) is 12.6 Å². The summed E-state index contributed by atoms with van der Waals surface area (Å²) in [6.45, 7) is 0.734. The van der Waals surface area contributed by atoms with Gasteiger partial charge in [0.05, 0.1) is 12.6 Å². The van der Waals surface area contributed by atoms with E-state index >= 15 is 0 Å². The maximum Gasteiger partial charge on any atom is 0.247 e. The van der Waals surface area contributed by atoms with Crippen LogP contribution in [0.25, 0.3) is 0 Å². The van der Waals surface area contributed by atoms with E-state index in [-0.39, 0.29) is 17.2 Å². The Morgan fingerprint density at radius 2 is 2.14 bits per heavy atom. The average molecular weight is 285 g/mol. The molecule has 0 bridgehead atoms. The quantitative estimate of drug-likeness (QED) is 0.862. The SMILES string of the molecule is COc1cc2c(cc1O)CCN1C(=O)C=C3CCCCC321. The summed E-state index contributed by atoms with van der Waals surface area (Å²) in [6.07, 6.45) is 6.88. The molecule has 4 nitrogen and oxygen atoms in total. The smallest absolute Gasteiger partial charge is 0.247 e. The van der Waals surface area contributed by atoms with Crippen molar-refractivity contribution in [1.29, 1.82) is 0 Å². The number of ether oxygens (including phenoxy) is 1. The fourth-order valence-corrected chi connectivity index (χ4v) is 4.33. The maximum absolute atomic E-state index is 12.4. The highest BCUT2D eigenvalue weighted by Crippen LogP contribution is 2.53. The number of carbonyl (C=O) groups is 1. The van der Waals surface area contributed by atoms with Gasteiger partial charge in [0.2, 0.25) is 5.91 Å². The monoisotopic (exact) mass is 285 g/mol. The van der Waals surface area contributed by atoms with Gasteiger partial charge in [-0.2, -0.15) is 0 Å². The van der Waals surface area contributed by atoms with Crippen LogP contribution in [0.15, 0.2) is 23.8 Å². The van der Waals surface area contributed by atoms with E-state index in [0.29, 0.717) is 5.75 Å². The van der Waals surface area contributed by atoms with Crippen LogP contribution in [0.4, 0.5) is 0 Å². The Morgan fingerprint density at radius 3 is 2.95 bits per heavy atom. The molecule has 1 saturated carbocycles. The van der Waals surface area contributed by atoms with Crippen molar-refractivity contribution < 1.29 is 14.6 Å². The van der Waals surface area contributed by atoms with Gasteiger partial charge in [-0.3, -0.25) is 4.79 Å². The molecular formula is C17H19NO3. The molecule has 4 rings (SSSR count). The molecule has 0 radical (unpaired) electrons. The zero-order valence-electron chi connectivity index (χ0n) is 12.2. The summed E-state index contributed by atoms with van der Waals surface area (Å²) < 4.78 is 5.29. The second-order valence-corrected chi connectivity index (χ2v) is 6.16. The molecule has 2 heterocycles. The first kappa shape index (κ1) is 12.7. The summed E-state index contributed by atoms with van der Waals surface area (Å²) in [5, 5.41) is 10.0. The van der Waals surface area contributed by atoms with Crippen LogP contribution in [0.3, 0.4) is 0 Å².